The van der Waals surface area contributed by atoms with Crippen LogP contribution in [0.3, 0.4) is 0 Å². The van der Waals surface area contributed by atoms with Crippen LogP contribution in [0, 0.1) is 5.41 Å². The van der Waals surface area contributed by atoms with E-state index in [0.717, 1.165) is 43.9 Å². The topological polar surface area (TPSA) is 61.4 Å². The van der Waals surface area contributed by atoms with E-state index in [9.17, 15) is 9.59 Å². The summed E-state index contributed by atoms with van der Waals surface area (Å²) < 4.78 is 0. The van der Waals surface area contributed by atoms with Crippen molar-refractivity contribution in [1.29, 1.82) is 0 Å². The number of hydrogen-bond acceptors (Lipinski definition) is 4. The van der Waals surface area contributed by atoms with E-state index >= 15 is 0 Å². The number of halogens is 1. The fourth-order valence-electron chi connectivity index (χ4n) is 3.71. The summed E-state index contributed by atoms with van der Waals surface area (Å²) in [5.74, 6) is 0.0591. The van der Waals surface area contributed by atoms with Gasteiger partial charge in [-0.15, -0.1) is 23.7 Å². The third-order valence-electron chi connectivity index (χ3n) is 5.15. The summed E-state index contributed by atoms with van der Waals surface area (Å²) in [6.45, 7) is 5.40. The molecule has 1 spiro atoms. The minimum absolute atomic E-state index is 0. The molecule has 3 rings (SSSR count). The monoisotopic (exact) mass is 371 g/mol. The van der Waals surface area contributed by atoms with Crippen molar-refractivity contribution in [2.24, 2.45) is 5.41 Å². The number of carbonyl (C=O) groups excluding carboxylic acids is 2. The molecular weight excluding hydrogens is 346 g/mol. The number of carbonyl (C=O) groups is 2. The highest BCUT2D eigenvalue weighted by Crippen LogP contribution is 2.37. The van der Waals surface area contributed by atoms with Crippen LogP contribution in [0.4, 0.5) is 0 Å². The number of nitrogens with zero attached hydrogens (tertiary/aromatic N) is 1. The molecule has 0 aromatic carbocycles. The first-order chi connectivity index (χ1) is 11.1. The smallest absolute Gasteiger partial charge is 0.225 e. The zero-order chi connectivity index (χ0) is 16.3. The molecule has 0 saturated carbocycles. The largest absolute Gasteiger partial charge is 0.348 e. The number of rotatable bonds is 4. The summed E-state index contributed by atoms with van der Waals surface area (Å²) in [5.41, 5.74) is 0.418. The zero-order valence-corrected chi connectivity index (χ0v) is 15.7. The van der Waals surface area contributed by atoms with Gasteiger partial charge in [-0.25, -0.2) is 0 Å². The molecule has 2 fully saturated rings. The quantitative estimate of drug-likeness (QED) is 0.854. The van der Waals surface area contributed by atoms with Crippen molar-refractivity contribution in [3.05, 3.63) is 22.4 Å². The molecule has 7 heteroatoms. The lowest BCUT2D eigenvalue weighted by atomic mass is 9.78. The van der Waals surface area contributed by atoms with Gasteiger partial charge in [0.1, 0.15) is 0 Å². The van der Waals surface area contributed by atoms with Crippen LogP contribution in [0.15, 0.2) is 17.5 Å². The fraction of sp³-hybridized carbons (Fsp3) is 0.647. The van der Waals surface area contributed by atoms with Crippen molar-refractivity contribution in [2.45, 2.75) is 38.6 Å². The van der Waals surface area contributed by atoms with Crippen LogP contribution in [-0.2, 0) is 9.59 Å². The summed E-state index contributed by atoms with van der Waals surface area (Å²) in [7, 11) is 0. The van der Waals surface area contributed by atoms with Crippen molar-refractivity contribution >= 4 is 35.6 Å². The highest BCUT2D eigenvalue weighted by atomic mass is 35.5. The van der Waals surface area contributed by atoms with Crippen molar-refractivity contribution in [1.82, 2.24) is 15.5 Å². The van der Waals surface area contributed by atoms with E-state index < -0.39 is 0 Å². The van der Waals surface area contributed by atoms with Crippen molar-refractivity contribution in [3.63, 3.8) is 0 Å². The van der Waals surface area contributed by atoms with E-state index in [4.69, 9.17) is 0 Å². The normalized spacial score (nSPS) is 20.5. The highest BCUT2D eigenvalue weighted by molar-refractivity contribution is 7.10. The van der Waals surface area contributed by atoms with Crippen LogP contribution in [0.25, 0.3) is 0 Å². The molecule has 0 radical (unpaired) electrons. The Balaban J connectivity index is 0.00000208. The second-order valence-electron chi connectivity index (χ2n) is 6.78. The summed E-state index contributed by atoms with van der Waals surface area (Å²) >= 11 is 1.58. The first-order valence-corrected chi connectivity index (χ1v) is 9.25. The Bertz CT molecular complexity index is 548. The second kappa shape index (κ2) is 8.32. The number of nitrogens with one attached hydrogen (secondary N) is 2. The molecule has 24 heavy (non-hydrogen) atoms. The lowest BCUT2D eigenvalue weighted by molar-refractivity contribution is -0.134. The average Bonchev–Trinajstić information content (AvgIpc) is 3.19. The van der Waals surface area contributed by atoms with E-state index in [1.807, 2.05) is 22.4 Å². The number of hydrogen-bond donors (Lipinski definition) is 2. The predicted octanol–water partition coefficient (Wildman–Crippen LogP) is 2.34. The minimum atomic E-state index is -0.205. The van der Waals surface area contributed by atoms with Gasteiger partial charge in [0.25, 0.3) is 0 Å². The molecule has 2 aliphatic rings. The Labute approximate surface area is 153 Å². The van der Waals surface area contributed by atoms with Crippen LogP contribution in [-0.4, -0.2) is 42.9 Å². The lowest BCUT2D eigenvalue weighted by Gasteiger charge is -2.39. The Kier molecular flexibility index (Phi) is 6.66. The number of piperidine rings is 1. The maximum absolute atomic E-state index is 12.7. The average molecular weight is 372 g/mol. The highest BCUT2D eigenvalue weighted by Gasteiger charge is 2.38. The van der Waals surface area contributed by atoms with E-state index in [1.165, 1.54) is 13.3 Å². The molecule has 1 atom stereocenters. The number of likely N-dealkylation sites (tertiary alicyclic amines) is 1. The summed E-state index contributed by atoms with van der Waals surface area (Å²) in [5, 5.41) is 8.34. The molecule has 1 unspecified atom stereocenters. The molecule has 0 aliphatic carbocycles. The molecule has 2 amide bonds. The van der Waals surface area contributed by atoms with Gasteiger partial charge in [0.05, 0.1) is 12.5 Å². The van der Waals surface area contributed by atoms with Crippen LogP contribution >= 0.6 is 23.7 Å². The Morgan fingerprint density at radius 2 is 2.12 bits per heavy atom. The standard InChI is InChI=1S/C17H25N3O2S.ClH/c1-13(21)19-14(15-3-2-10-23-15)11-16(22)20-8-5-17(6-9-20)4-7-18-12-17;/h2-3,10,14,18H,4-9,11-12H2,1H3,(H,19,21);1H. The zero-order valence-electron chi connectivity index (χ0n) is 14.0. The second-order valence-corrected chi connectivity index (χ2v) is 7.76. The van der Waals surface area contributed by atoms with Gasteiger partial charge >= 0.3 is 0 Å². The third-order valence-corrected chi connectivity index (χ3v) is 6.14. The summed E-state index contributed by atoms with van der Waals surface area (Å²) in [4.78, 5) is 27.1. The van der Waals surface area contributed by atoms with Gasteiger partial charge < -0.3 is 15.5 Å². The van der Waals surface area contributed by atoms with Crippen LogP contribution in [0.5, 0.6) is 0 Å². The first-order valence-electron chi connectivity index (χ1n) is 8.37. The Morgan fingerprint density at radius 1 is 1.38 bits per heavy atom. The molecule has 3 heterocycles. The van der Waals surface area contributed by atoms with E-state index in [1.54, 1.807) is 11.3 Å². The van der Waals surface area contributed by atoms with Gasteiger partial charge in [-0.05, 0) is 42.7 Å². The number of thiophene rings is 1. The maximum atomic E-state index is 12.7. The molecular formula is C17H26ClN3O2S. The van der Waals surface area contributed by atoms with Gasteiger partial charge in [-0.1, -0.05) is 6.07 Å². The van der Waals surface area contributed by atoms with Crippen molar-refractivity contribution < 1.29 is 9.59 Å². The molecule has 2 N–H and O–H groups in total. The first kappa shape index (κ1) is 19.2. The molecule has 1 aromatic rings. The number of amides is 2. The van der Waals surface area contributed by atoms with Crippen LogP contribution < -0.4 is 10.6 Å². The van der Waals surface area contributed by atoms with Crippen molar-refractivity contribution in [3.8, 4) is 0 Å². The molecule has 0 bridgehead atoms. The fourth-order valence-corrected chi connectivity index (χ4v) is 4.49. The Morgan fingerprint density at radius 3 is 2.67 bits per heavy atom. The van der Waals surface area contributed by atoms with Gasteiger partial charge in [-0.3, -0.25) is 9.59 Å². The predicted molar refractivity (Wildman–Crippen MR) is 98.5 cm³/mol. The minimum Gasteiger partial charge on any atom is -0.348 e. The van der Waals surface area contributed by atoms with Crippen LogP contribution in [0.1, 0.15) is 43.5 Å². The molecule has 1 aromatic heterocycles. The van der Waals surface area contributed by atoms with Crippen molar-refractivity contribution in [2.75, 3.05) is 26.2 Å². The molecule has 134 valence electrons. The van der Waals surface area contributed by atoms with Gasteiger partial charge in [0.15, 0.2) is 0 Å². The molecule has 2 aliphatic heterocycles. The van der Waals surface area contributed by atoms with Gasteiger partial charge in [0.2, 0.25) is 11.8 Å². The van der Waals surface area contributed by atoms with Crippen LogP contribution in [0.2, 0.25) is 0 Å². The maximum Gasteiger partial charge on any atom is 0.225 e. The lowest BCUT2D eigenvalue weighted by Crippen LogP contribution is -2.45. The SMILES string of the molecule is CC(=O)NC(CC(=O)N1CCC2(CCNC2)CC1)c1cccs1.Cl. The van der Waals surface area contributed by atoms with Gasteiger partial charge in [-0.2, -0.15) is 0 Å². The summed E-state index contributed by atoms with van der Waals surface area (Å²) in [6.07, 6.45) is 3.77. The van der Waals surface area contributed by atoms with E-state index in [0.29, 0.717) is 11.8 Å². The molecule has 5 nitrogen and oxygen atoms in total. The Hall–Kier alpha value is -1.11. The summed E-state index contributed by atoms with van der Waals surface area (Å²) in [6, 6.07) is 3.73. The third kappa shape index (κ3) is 4.49. The molecule has 2 saturated heterocycles. The van der Waals surface area contributed by atoms with Gasteiger partial charge in [0, 0.05) is 31.4 Å². The van der Waals surface area contributed by atoms with E-state index in [-0.39, 0.29) is 30.3 Å². The van der Waals surface area contributed by atoms with E-state index in [2.05, 4.69) is 10.6 Å².